The van der Waals surface area contributed by atoms with Crippen molar-refractivity contribution in [2.75, 3.05) is 25.0 Å². The summed E-state index contributed by atoms with van der Waals surface area (Å²) in [5, 5.41) is 11.5. The van der Waals surface area contributed by atoms with Crippen LogP contribution >= 0.6 is 0 Å². The molecule has 10 heteroatoms. The average Bonchev–Trinajstić information content (AvgIpc) is 2.84. The summed E-state index contributed by atoms with van der Waals surface area (Å²) in [5.74, 6) is -1.25. The number of aliphatic imine (C=N–C) groups is 2. The molecule has 204 valence electrons. The molecule has 0 radical (unpaired) electrons. The van der Waals surface area contributed by atoms with E-state index in [0.717, 1.165) is 12.1 Å². The van der Waals surface area contributed by atoms with Gasteiger partial charge in [-0.2, -0.15) is 0 Å². The lowest BCUT2D eigenvalue weighted by atomic mass is 9.73. The molecule has 1 aromatic rings. The van der Waals surface area contributed by atoms with Gasteiger partial charge in [-0.15, -0.1) is 0 Å². The number of hydrogen-bond acceptors (Lipinski definition) is 7. The van der Waals surface area contributed by atoms with E-state index in [-0.39, 0.29) is 41.9 Å². The Morgan fingerprint density at radius 1 is 1.19 bits per heavy atom. The van der Waals surface area contributed by atoms with Gasteiger partial charge < -0.3 is 21.4 Å². The van der Waals surface area contributed by atoms with Crippen molar-refractivity contribution >= 4 is 41.9 Å². The molecule has 4 N–H and O–H groups in total. The van der Waals surface area contributed by atoms with E-state index >= 15 is 0 Å². The maximum absolute atomic E-state index is 14.5. The van der Waals surface area contributed by atoms with Gasteiger partial charge in [0.1, 0.15) is 17.6 Å². The minimum atomic E-state index is -0.845. The van der Waals surface area contributed by atoms with Gasteiger partial charge >= 0.3 is 0 Å². The molecule has 1 rings (SSSR count). The lowest BCUT2D eigenvalue weighted by Crippen LogP contribution is -2.47. The summed E-state index contributed by atoms with van der Waals surface area (Å²) in [6.07, 6.45) is 4.69. The second-order valence-corrected chi connectivity index (χ2v) is 10.3. The summed E-state index contributed by atoms with van der Waals surface area (Å²) in [6.45, 7) is 11.1. The number of nitrogens with two attached hydrogens (primary N) is 1. The van der Waals surface area contributed by atoms with Crippen LogP contribution in [0.2, 0.25) is 0 Å². The van der Waals surface area contributed by atoms with Crippen LogP contribution in [0.15, 0.2) is 28.2 Å². The van der Waals surface area contributed by atoms with Gasteiger partial charge in [-0.3, -0.25) is 24.4 Å². The molecular weight excluding hydrogens is 475 g/mol. The minimum Gasteiger partial charge on any atom is -0.339 e. The number of carbonyl (C=O) groups is 3. The number of rotatable bonds is 15. The molecule has 0 heterocycles. The van der Waals surface area contributed by atoms with Crippen LogP contribution in [0.5, 0.6) is 0 Å². The summed E-state index contributed by atoms with van der Waals surface area (Å²) in [5.41, 5.74) is 4.92. The third-order valence-electron chi connectivity index (χ3n) is 6.60. The molecule has 9 nitrogen and oxygen atoms in total. The van der Waals surface area contributed by atoms with Crippen molar-refractivity contribution in [3.05, 3.63) is 29.6 Å². The molecular formula is C27H41FN6O3. The van der Waals surface area contributed by atoms with E-state index in [1.807, 2.05) is 27.7 Å². The van der Waals surface area contributed by atoms with Crippen molar-refractivity contribution in [1.82, 2.24) is 5.32 Å². The van der Waals surface area contributed by atoms with E-state index in [1.165, 1.54) is 24.2 Å². The highest BCUT2D eigenvalue weighted by Gasteiger charge is 2.34. The molecule has 37 heavy (non-hydrogen) atoms. The number of halogens is 1. The SMILES string of the molecule is CC=NC(CN)CN(C=O)c1cc(F)cc(C(=O)NC(C=NC)C(=N)C(C)(C)CCC(C)(C)C(C)=O)c1. The van der Waals surface area contributed by atoms with Crippen LogP contribution in [0.3, 0.4) is 0 Å². The normalized spacial score (nSPS) is 14.0. The molecule has 2 amide bonds. The average molecular weight is 517 g/mol. The third-order valence-corrected chi connectivity index (χ3v) is 6.60. The van der Waals surface area contributed by atoms with Gasteiger partial charge in [-0.05, 0) is 51.1 Å². The highest BCUT2D eigenvalue weighted by Crippen LogP contribution is 2.33. The lowest BCUT2D eigenvalue weighted by Gasteiger charge is -2.33. The van der Waals surface area contributed by atoms with Crippen molar-refractivity contribution in [3.8, 4) is 0 Å². The van der Waals surface area contributed by atoms with Crippen LogP contribution in [0.25, 0.3) is 0 Å². The molecule has 0 aromatic heterocycles. The van der Waals surface area contributed by atoms with Gasteiger partial charge in [-0.1, -0.05) is 27.7 Å². The molecule has 0 bridgehead atoms. The number of benzene rings is 1. The van der Waals surface area contributed by atoms with E-state index in [1.54, 1.807) is 20.1 Å². The van der Waals surface area contributed by atoms with Crippen LogP contribution in [-0.4, -0.2) is 68.5 Å². The van der Waals surface area contributed by atoms with Crippen molar-refractivity contribution in [2.45, 2.75) is 66.5 Å². The van der Waals surface area contributed by atoms with Gasteiger partial charge in [0.15, 0.2) is 0 Å². The number of Topliss-reactive ketones (excluding diaryl/α,β-unsaturated/α-hetero) is 1. The highest BCUT2D eigenvalue weighted by molar-refractivity contribution is 6.08. The van der Waals surface area contributed by atoms with E-state index in [4.69, 9.17) is 11.1 Å². The second kappa shape index (κ2) is 13.9. The summed E-state index contributed by atoms with van der Waals surface area (Å²) in [4.78, 5) is 46.2. The number of nitrogens with one attached hydrogen (secondary N) is 2. The number of hydrogen-bond donors (Lipinski definition) is 3. The number of ketones is 1. The smallest absolute Gasteiger partial charge is 0.252 e. The molecule has 2 atom stereocenters. The zero-order valence-corrected chi connectivity index (χ0v) is 23.0. The van der Waals surface area contributed by atoms with Gasteiger partial charge in [0.05, 0.1) is 6.04 Å². The fourth-order valence-corrected chi connectivity index (χ4v) is 3.62. The number of nitrogens with zero attached hydrogens (tertiary/aromatic N) is 3. The van der Waals surface area contributed by atoms with Gasteiger partial charge in [0.2, 0.25) is 6.41 Å². The standard InChI is InChI=1S/C27H41FN6O3/c1-8-32-21(14-29)16-34(17-35)22-12-19(11-20(28)13-22)25(37)33-23(15-31-7)24(30)27(5,6)10-9-26(3,4)18(2)36/h8,11-13,15,17,21,23,30H,9-10,14,16,29H2,1-7H3,(H,33,37). The van der Waals surface area contributed by atoms with Crippen molar-refractivity contribution < 1.29 is 18.8 Å². The number of carbonyl (C=O) groups excluding carboxylic acids is 3. The molecule has 2 unspecified atom stereocenters. The second-order valence-electron chi connectivity index (χ2n) is 10.3. The Hall–Kier alpha value is -3.27. The predicted molar refractivity (Wildman–Crippen MR) is 148 cm³/mol. The summed E-state index contributed by atoms with van der Waals surface area (Å²) >= 11 is 0. The molecule has 0 aliphatic heterocycles. The first-order chi connectivity index (χ1) is 17.2. The zero-order chi connectivity index (χ0) is 28.4. The molecule has 0 saturated heterocycles. The topological polar surface area (TPSA) is 141 Å². The molecule has 0 saturated carbocycles. The Balaban J connectivity index is 3.17. The molecule has 1 aromatic carbocycles. The minimum absolute atomic E-state index is 0.0111. The monoisotopic (exact) mass is 516 g/mol. The third kappa shape index (κ3) is 9.27. The summed E-state index contributed by atoms with van der Waals surface area (Å²) < 4.78 is 14.5. The zero-order valence-electron chi connectivity index (χ0n) is 23.0. The van der Waals surface area contributed by atoms with E-state index in [0.29, 0.717) is 19.3 Å². The van der Waals surface area contributed by atoms with Gasteiger partial charge in [0, 0.05) is 54.1 Å². The quantitative estimate of drug-likeness (QED) is 0.242. The number of anilines is 1. The highest BCUT2D eigenvalue weighted by atomic mass is 19.1. The first-order valence-corrected chi connectivity index (χ1v) is 12.3. The van der Waals surface area contributed by atoms with Crippen LogP contribution in [0.1, 0.15) is 64.7 Å². The van der Waals surface area contributed by atoms with Crippen molar-refractivity contribution in [3.63, 3.8) is 0 Å². The van der Waals surface area contributed by atoms with Crippen LogP contribution < -0.4 is 16.0 Å². The Morgan fingerprint density at radius 3 is 2.32 bits per heavy atom. The van der Waals surface area contributed by atoms with E-state index in [2.05, 4.69) is 15.3 Å². The van der Waals surface area contributed by atoms with Crippen LogP contribution in [0, 0.1) is 22.1 Å². The maximum Gasteiger partial charge on any atom is 0.252 e. The largest absolute Gasteiger partial charge is 0.339 e. The fourth-order valence-electron chi connectivity index (χ4n) is 3.62. The lowest BCUT2D eigenvalue weighted by molar-refractivity contribution is -0.125. The first-order valence-electron chi connectivity index (χ1n) is 12.3. The number of amides is 2. The fraction of sp³-hybridized carbons (Fsp3) is 0.556. The Bertz CT molecular complexity index is 1030. The van der Waals surface area contributed by atoms with Crippen molar-refractivity contribution in [2.24, 2.45) is 26.5 Å². The Morgan fingerprint density at radius 2 is 1.81 bits per heavy atom. The molecule has 0 aliphatic carbocycles. The first kappa shape index (κ1) is 31.8. The molecule has 0 fully saturated rings. The Labute approximate surface area is 219 Å². The van der Waals surface area contributed by atoms with E-state index < -0.39 is 28.6 Å². The van der Waals surface area contributed by atoms with Crippen LogP contribution in [-0.2, 0) is 9.59 Å². The van der Waals surface area contributed by atoms with E-state index in [9.17, 15) is 18.8 Å². The Kier molecular flexibility index (Phi) is 11.9. The predicted octanol–water partition coefficient (Wildman–Crippen LogP) is 3.45. The summed E-state index contributed by atoms with van der Waals surface area (Å²) in [6, 6.07) is 2.40. The van der Waals surface area contributed by atoms with Gasteiger partial charge in [-0.25, -0.2) is 4.39 Å². The van der Waals surface area contributed by atoms with Crippen molar-refractivity contribution in [1.29, 1.82) is 5.41 Å². The molecule has 0 spiro atoms. The van der Waals surface area contributed by atoms with Gasteiger partial charge in [0.25, 0.3) is 5.91 Å². The van der Waals surface area contributed by atoms with Crippen LogP contribution in [0.4, 0.5) is 10.1 Å². The summed E-state index contributed by atoms with van der Waals surface area (Å²) in [7, 11) is 1.53. The maximum atomic E-state index is 14.5. The molecule has 0 aliphatic rings.